The number of carbonyl (C=O) groups excluding carboxylic acids is 2. The van der Waals surface area contributed by atoms with Gasteiger partial charge in [-0.15, -0.1) is 0 Å². The van der Waals surface area contributed by atoms with E-state index in [1.54, 1.807) is 36.7 Å². The van der Waals surface area contributed by atoms with Gasteiger partial charge in [0.05, 0.1) is 0 Å². The molecule has 0 saturated heterocycles. The number of nitrogens with one attached hydrogen (secondary N) is 2. The maximum atomic E-state index is 11.5. The van der Waals surface area contributed by atoms with Crippen LogP contribution in [0, 0.1) is 0 Å². The third kappa shape index (κ3) is 8.89. The van der Waals surface area contributed by atoms with Crippen LogP contribution < -0.4 is 10.6 Å². The summed E-state index contributed by atoms with van der Waals surface area (Å²) < 4.78 is 0. The molecular weight excluding hydrogens is 484 g/mol. The van der Waals surface area contributed by atoms with Crippen LogP contribution in [0.2, 0.25) is 0 Å². The largest absolute Gasteiger partial charge is 0.384 e. The monoisotopic (exact) mass is 513 g/mol. The summed E-state index contributed by atoms with van der Waals surface area (Å²) in [4.78, 5) is 23.0. The zero-order valence-corrected chi connectivity index (χ0v) is 20.8. The number of benzene rings is 2. The Morgan fingerprint density at radius 2 is 0.914 bits per heavy atom. The number of hydrogen-bond donors (Lipinski definition) is 2. The van der Waals surface area contributed by atoms with E-state index in [0.29, 0.717) is 11.1 Å². The van der Waals surface area contributed by atoms with Crippen molar-refractivity contribution in [2.24, 2.45) is 0 Å². The molecule has 0 saturated carbocycles. The van der Waals surface area contributed by atoms with Crippen molar-refractivity contribution >= 4 is 11.6 Å². The van der Waals surface area contributed by atoms with Crippen LogP contribution in [-0.2, 0) is 26.7 Å². The van der Waals surface area contributed by atoms with Gasteiger partial charge in [-0.3, -0.25) is 9.59 Å². The Morgan fingerprint density at radius 3 is 1.26 bits per heavy atom. The van der Waals surface area contributed by atoms with Gasteiger partial charge in [-0.1, -0.05) is 85.0 Å². The fourth-order valence-corrected chi connectivity index (χ4v) is 3.30. The van der Waals surface area contributed by atoms with Crippen molar-refractivity contribution in [2.45, 2.75) is 25.9 Å². The molecule has 0 fully saturated rings. The molecule has 0 heterocycles. The third-order valence-corrected chi connectivity index (χ3v) is 5.41. The fraction of sp³-hybridized carbons (Fsp3) is 0.133. The molecule has 0 aromatic heterocycles. The molecule has 0 aliphatic heterocycles. The minimum atomic E-state index is 0. The molecule has 4 nitrogen and oxygen atoms in total. The van der Waals surface area contributed by atoms with Crippen molar-refractivity contribution in [3.63, 3.8) is 0 Å². The Balaban J connectivity index is 0.000000240. The Hall–Kier alpha value is -3.66. The molecule has 2 aliphatic carbocycles. The summed E-state index contributed by atoms with van der Waals surface area (Å²) >= 11 is 0. The molecule has 35 heavy (non-hydrogen) atoms. The summed E-state index contributed by atoms with van der Waals surface area (Å²) in [5.74, 6) is 0.0838. The van der Waals surface area contributed by atoms with E-state index in [2.05, 4.69) is 48.7 Å². The van der Waals surface area contributed by atoms with Gasteiger partial charge in [0, 0.05) is 52.7 Å². The molecule has 2 aromatic carbocycles. The van der Waals surface area contributed by atoms with E-state index in [1.165, 1.54) is 11.1 Å². The molecule has 0 unspecified atom stereocenters. The van der Waals surface area contributed by atoms with E-state index in [-0.39, 0.29) is 40.7 Å². The third-order valence-electron chi connectivity index (χ3n) is 5.41. The van der Waals surface area contributed by atoms with E-state index in [4.69, 9.17) is 0 Å². The first-order valence-corrected chi connectivity index (χ1v) is 11.3. The van der Waals surface area contributed by atoms with E-state index >= 15 is 0 Å². The summed E-state index contributed by atoms with van der Waals surface area (Å²) in [7, 11) is 0. The Bertz CT molecular complexity index is 1070. The van der Waals surface area contributed by atoms with Crippen molar-refractivity contribution in [2.75, 3.05) is 0 Å². The topological polar surface area (TPSA) is 58.2 Å². The van der Waals surface area contributed by atoms with Crippen molar-refractivity contribution in [3.8, 4) is 0 Å². The van der Waals surface area contributed by atoms with Crippen LogP contribution in [0.3, 0.4) is 0 Å². The zero-order valence-electron chi connectivity index (χ0n) is 19.8. The molecule has 5 heteroatoms. The average Bonchev–Trinajstić information content (AvgIpc) is 2.89. The minimum Gasteiger partial charge on any atom is -0.384 e. The number of rotatable bonds is 6. The first-order chi connectivity index (χ1) is 16.5. The SMILES string of the molecule is C[C@H](N/C=C1/C=CC=CC1=O)c1ccccc1.C[C@H](N/C=C1\C=CC=CC1=O)c1ccccc1.[Cu]. The predicted molar refractivity (Wildman–Crippen MR) is 139 cm³/mol. The summed E-state index contributed by atoms with van der Waals surface area (Å²) in [6, 6.07) is 20.7. The summed E-state index contributed by atoms with van der Waals surface area (Å²) in [5.41, 5.74) is 3.78. The molecule has 2 N–H and O–H groups in total. The van der Waals surface area contributed by atoms with Gasteiger partial charge in [-0.05, 0) is 49.3 Å². The smallest absolute Gasteiger partial charge is 0.187 e. The molecule has 0 amide bonds. The van der Waals surface area contributed by atoms with Crippen molar-refractivity contribution < 1.29 is 26.7 Å². The van der Waals surface area contributed by atoms with Gasteiger partial charge in [0.15, 0.2) is 11.6 Å². The average molecular weight is 514 g/mol. The summed E-state index contributed by atoms with van der Waals surface area (Å²) in [5, 5.41) is 6.46. The molecular formula is C30H30CuN2O2. The minimum absolute atomic E-state index is 0. The van der Waals surface area contributed by atoms with Crippen LogP contribution in [0.5, 0.6) is 0 Å². The van der Waals surface area contributed by atoms with Crippen LogP contribution in [0.1, 0.15) is 37.1 Å². The Labute approximate surface area is 218 Å². The second-order valence-electron chi connectivity index (χ2n) is 7.96. The molecule has 183 valence electrons. The number of carbonyl (C=O) groups is 2. The van der Waals surface area contributed by atoms with Crippen LogP contribution in [0.4, 0.5) is 0 Å². The number of allylic oxidation sites excluding steroid dienone is 10. The first kappa shape index (κ1) is 27.6. The molecule has 2 aliphatic rings. The molecule has 0 bridgehead atoms. The van der Waals surface area contributed by atoms with Crippen LogP contribution in [0.25, 0.3) is 0 Å². The Morgan fingerprint density at radius 1 is 0.571 bits per heavy atom. The summed E-state index contributed by atoms with van der Waals surface area (Å²) in [6.07, 6.45) is 17.5. The van der Waals surface area contributed by atoms with E-state index < -0.39 is 0 Å². The fourth-order valence-electron chi connectivity index (χ4n) is 3.30. The van der Waals surface area contributed by atoms with Crippen LogP contribution in [-0.4, -0.2) is 11.6 Å². The van der Waals surface area contributed by atoms with E-state index in [1.807, 2.05) is 60.7 Å². The molecule has 1 radical (unpaired) electrons. The van der Waals surface area contributed by atoms with E-state index in [9.17, 15) is 9.59 Å². The van der Waals surface area contributed by atoms with Crippen LogP contribution in [0.15, 0.2) is 133 Å². The maximum Gasteiger partial charge on any atom is 0.187 e. The molecule has 4 rings (SSSR count). The van der Waals surface area contributed by atoms with E-state index in [0.717, 1.165) is 0 Å². The number of hydrogen-bond acceptors (Lipinski definition) is 4. The van der Waals surface area contributed by atoms with Crippen molar-refractivity contribution in [1.82, 2.24) is 10.6 Å². The standard InChI is InChI=1S/2C15H15NO.Cu/c2*1-12(13-7-3-2-4-8-13)16-11-14-9-5-6-10-15(14)17;/h2*2-12,16H,1H3;/b14-11+;14-11-;/t2*12-;/m00./s1. The van der Waals surface area contributed by atoms with Gasteiger partial charge < -0.3 is 10.6 Å². The Kier molecular flexibility index (Phi) is 11.5. The first-order valence-electron chi connectivity index (χ1n) is 11.3. The van der Waals surface area contributed by atoms with Gasteiger partial charge in [0.2, 0.25) is 0 Å². The second-order valence-corrected chi connectivity index (χ2v) is 7.96. The summed E-state index contributed by atoms with van der Waals surface area (Å²) in [6.45, 7) is 4.14. The normalized spacial score (nSPS) is 17.9. The van der Waals surface area contributed by atoms with Gasteiger partial charge in [-0.25, -0.2) is 0 Å². The van der Waals surface area contributed by atoms with Crippen molar-refractivity contribution in [3.05, 3.63) is 144 Å². The molecule has 0 spiro atoms. The van der Waals surface area contributed by atoms with Gasteiger partial charge >= 0.3 is 0 Å². The quantitative estimate of drug-likeness (QED) is 0.377. The van der Waals surface area contributed by atoms with Gasteiger partial charge in [0.25, 0.3) is 0 Å². The maximum absolute atomic E-state index is 11.5. The van der Waals surface area contributed by atoms with Crippen molar-refractivity contribution in [1.29, 1.82) is 0 Å². The zero-order chi connectivity index (χ0) is 24.2. The molecule has 2 atom stereocenters. The predicted octanol–water partition coefficient (Wildman–Crippen LogP) is 5.83. The second kappa shape index (κ2) is 14.6. The van der Waals surface area contributed by atoms with Gasteiger partial charge in [0.1, 0.15) is 0 Å². The van der Waals surface area contributed by atoms with Gasteiger partial charge in [-0.2, -0.15) is 0 Å². The number of ketones is 2. The van der Waals surface area contributed by atoms with Crippen LogP contribution >= 0.6 is 0 Å². The molecule has 2 aromatic rings.